The highest BCUT2D eigenvalue weighted by Crippen LogP contribution is 2.40. The van der Waals surface area contributed by atoms with E-state index in [0.717, 1.165) is 12.1 Å². The van der Waals surface area contributed by atoms with Crippen LogP contribution in [0.1, 0.15) is 50.3 Å². The molecule has 2 heteroatoms. The molecular weight excluding hydrogens is 210 g/mol. The van der Waals surface area contributed by atoms with Crippen molar-refractivity contribution in [2.45, 2.75) is 46.1 Å². The van der Waals surface area contributed by atoms with Crippen LogP contribution < -0.4 is 5.32 Å². The minimum Gasteiger partial charge on any atom is -0.508 e. The first kappa shape index (κ1) is 12.4. The molecule has 1 aliphatic carbocycles. The van der Waals surface area contributed by atoms with E-state index in [-0.39, 0.29) is 6.04 Å². The van der Waals surface area contributed by atoms with Crippen molar-refractivity contribution in [1.29, 1.82) is 0 Å². The van der Waals surface area contributed by atoms with Crippen molar-refractivity contribution >= 4 is 0 Å². The van der Waals surface area contributed by atoms with E-state index < -0.39 is 0 Å². The molecule has 0 aliphatic heterocycles. The molecule has 0 saturated heterocycles. The van der Waals surface area contributed by atoms with Crippen LogP contribution in [-0.2, 0) is 0 Å². The Morgan fingerprint density at radius 2 is 2.12 bits per heavy atom. The Kier molecular flexibility index (Phi) is 3.43. The molecular formula is C15H23NO. The van der Waals surface area contributed by atoms with Crippen LogP contribution in [0, 0.1) is 12.3 Å². The molecule has 17 heavy (non-hydrogen) atoms. The lowest BCUT2D eigenvalue weighted by Gasteiger charge is -2.39. The highest BCUT2D eigenvalue weighted by Gasteiger charge is 2.31. The molecule has 1 saturated carbocycles. The summed E-state index contributed by atoms with van der Waals surface area (Å²) in [7, 11) is 0. The number of phenolic OH excluding ortho intramolecular Hbond substituents is 1. The zero-order valence-corrected chi connectivity index (χ0v) is 11.1. The maximum absolute atomic E-state index is 9.87. The number of hydrogen-bond donors (Lipinski definition) is 2. The van der Waals surface area contributed by atoms with Gasteiger partial charge in [-0.25, -0.2) is 0 Å². The minimum absolute atomic E-state index is 0.215. The third-order valence-electron chi connectivity index (χ3n) is 4.05. The van der Waals surface area contributed by atoms with Crippen molar-refractivity contribution in [3.63, 3.8) is 0 Å². The van der Waals surface area contributed by atoms with Crippen LogP contribution in [0.15, 0.2) is 18.2 Å². The number of phenols is 1. The largest absolute Gasteiger partial charge is 0.508 e. The maximum atomic E-state index is 9.87. The number of hydrogen-bond acceptors (Lipinski definition) is 2. The topological polar surface area (TPSA) is 32.3 Å². The molecule has 94 valence electrons. The summed E-state index contributed by atoms with van der Waals surface area (Å²) in [6.07, 6.45) is 4.02. The van der Waals surface area contributed by atoms with E-state index in [9.17, 15) is 5.11 Å². The fourth-order valence-corrected chi connectivity index (χ4v) is 2.49. The number of aryl methyl sites for hydroxylation is 1. The van der Waals surface area contributed by atoms with Crippen molar-refractivity contribution in [2.24, 2.45) is 5.41 Å². The highest BCUT2D eigenvalue weighted by molar-refractivity contribution is 5.37. The van der Waals surface area contributed by atoms with E-state index in [1.165, 1.54) is 24.8 Å². The Balaban J connectivity index is 1.99. The zero-order valence-electron chi connectivity index (χ0n) is 11.1. The third-order valence-corrected chi connectivity index (χ3v) is 4.05. The molecule has 0 spiro atoms. The lowest BCUT2D eigenvalue weighted by molar-refractivity contribution is 0.151. The van der Waals surface area contributed by atoms with Gasteiger partial charge in [0.05, 0.1) is 0 Å². The summed E-state index contributed by atoms with van der Waals surface area (Å²) in [5.74, 6) is 0.398. The van der Waals surface area contributed by atoms with Crippen LogP contribution in [-0.4, -0.2) is 11.7 Å². The van der Waals surface area contributed by atoms with Crippen LogP contribution in [0.2, 0.25) is 0 Å². The van der Waals surface area contributed by atoms with E-state index in [2.05, 4.69) is 32.2 Å². The van der Waals surface area contributed by atoms with Gasteiger partial charge in [-0.05, 0) is 38.2 Å². The maximum Gasteiger partial charge on any atom is 0.120 e. The molecule has 2 rings (SSSR count). The van der Waals surface area contributed by atoms with Crippen LogP contribution in [0.3, 0.4) is 0 Å². The molecule has 1 aromatic rings. The van der Waals surface area contributed by atoms with E-state index in [0.29, 0.717) is 11.2 Å². The molecule has 1 aliphatic rings. The smallest absolute Gasteiger partial charge is 0.120 e. The lowest BCUT2D eigenvalue weighted by Crippen LogP contribution is -2.38. The van der Waals surface area contributed by atoms with E-state index in [1.54, 1.807) is 6.07 Å². The molecule has 1 fully saturated rings. The molecule has 2 nitrogen and oxygen atoms in total. The van der Waals surface area contributed by atoms with Crippen molar-refractivity contribution in [1.82, 2.24) is 5.32 Å². The Labute approximate surface area is 104 Å². The van der Waals surface area contributed by atoms with Crippen LogP contribution in [0.5, 0.6) is 5.75 Å². The van der Waals surface area contributed by atoms with Crippen molar-refractivity contribution in [3.05, 3.63) is 29.3 Å². The van der Waals surface area contributed by atoms with Crippen molar-refractivity contribution < 1.29 is 5.11 Å². The van der Waals surface area contributed by atoms with Crippen LogP contribution in [0.4, 0.5) is 0 Å². The summed E-state index contributed by atoms with van der Waals surface area (Å²) in [6.45, 7) is 7.56. The van der Waals surface area contributed by atoms with E-state index in [1.807, 2.05) is 6.07 Å². The SMILES string of the molecule is Cc1ccc(O)c(C(C)NCC2(C)CCC2)c1. The van der Waals surface area contributed by atoms with E-state index in [4.69, 9.17) is 0 Å². The molecule has 1 unspecified atom stereocenters. The van der Waals surface area contributed by atoms with Crippen molar-refractivity contribution in [2.75, 3.05) is 6.54 Å². The summed E-state index contributed by atoms with van der Waals surface area (Å²) >= 11 is 0. The fourth-order valence-electron chi connectivity index (χ4n) is 2.49. The second kappa shape index (κ2) is 4.69. The van der Waals surface area contributed by atoms with E-state index >= 15 is 0 Å². The first-order chi connectivity index (χ1) is 8.00. The Bertz CT molecular complexity index is 396. The fraction of sp³-hybridized carbons (Fsp3) is 0.600. The Morgan fingerprint density at radius 3 is 2.71 bits per heavy atom. The number of rotatable bonds is 4. The number of benzene rings is 1. The lowest BCUT2D eigenvalue weighted by atomic mass is 9.70. The van der Waals surface area contributed by atoms with Crippen molar-refractivity contribution in [3.8, 4) is 5.75 Å². The normalized spacial score (nSPS) is 19.7. The molecule has 0 bridgehead atoms. The second-order valence-corrected chi connectivity index (χ2v) is 5.83. The first-order valence-electron chi connectivity index (χ1n) is 6.53. The quantitative estimate of drug-likeness (QED) is 0.833. The molecule has 1 atom stereocenters. The Hall–Kier alpha value is -1.02. The minimum atomic E-state index is 0.215. The predicted octanol–water partition coefficient (Wildman–Crippen LogP) is 3.54. The molecule has 0 radical (unpaired) electrons. The van der Waals surface area contributed by atoms with Gasteiger partial charge in [-0.15, -0.1) is 0 Å². The molecule has 0 aromatic heterocycles. The van der Waals surface area contributed by atoms with Crippen LogP contribution in [0.25, 0.3) is 0 Å². The van der Waals surface area contributed by atoms with Gasteiger partial charge in [0.1, 0.15) is 5.75 Å². The van der Waals surface area contributed by atoms with Gasteiger partial charge in [0.15, 0.2) is 0 Å². The molecule has 1 aromatic carbocycles. The average Bonchev–Trinajstić information content (AvgIpc) is 2.26. The summed E-state index contributed by atoms with van der Waals surface area (Å²) in [5, 5.41) is 13.4. The third kappa shape index (κ3) is 2.81. The predicted molar refractivity (Wildman–Crippen MR) is 71.2 cm³/mol. The summed E-state index contributed by atoms with van der Waals surface area (Å²) in [6, 6.07) is 6.01. The number of aromatic hydroxyl groups is 1. The van der Waals surface area contributed by atoms with Gasteiger partial charge < -0.3 is 10.4 Å². The average molecular weight is 233 g/mol. The van der Waals surface area contributed by atoms with Gasteiger partial charge >= 0.3 is 0 Å². The molecule has 0 heterocycles. The van der Waals surface area contributed by atoms with Gasteiger partial charge in [-0.1, -0.05) is 31.0 Å². The highest BCUT2D eigenvalue weighted by atomic mass is 16.3. The van der Waals surface area contributed by atoms with Gasteiger partial charge in [0, 0.05) is 18.2 Å². The summed E-state index contributed by atoms with van der Waals surface area (Å²) in [5.41, 5.74) is 2.68. The monoisotopic (exact) mass is 233 g/mol. The number of nitrogens with one attached hydrogen (secondary N) is 1. The van der Waals surface area contributed by atoms with Gasteiger partial charge in [0.2, 0.25) is 0 Å². The zero-order chi connectivity index (χ0) is 12.5. The standard InChI is InChI=1S/C15H23NO/c1-11-5-6-14(17)13(9-11)12(2)16-10-15(3)7-4-8-15/h5-6,9,12,16-17H,4,7-8,10H2,1-3H3. The molecule has 2 N–H and O–H groups in total. The first-order valence-corrected chi connectivity index (χ1v) is 6.53. The van der Waals surface area contributed by atoms with Gasteiger partial charge in [-0.3, -0.25) is 0 Å². The molecule has 0 amide bonds. The Morgan fingerprint density at radius 1 is 1.41 bits per heavy atom. The summed E-state index contributed by atoms with van der Waals surface area (Å²) < 4.78 is 0. The van der Waals surface area contributed by atoms with Gasteiger partial charge in [-0.2, -0.15) is 0 Å². The van der Waals surface area contributed by atoms with Gasteiger partial charge in [0.25, 0.3) is 0 Å². The van der Waals surface area contributed by atoms with Crippen LogP contribution >= 0.6 is 0 Å². The summed E-state index contributed by atoms with van der Waals surface area (Å²) in [4.78, 5) is 0. The second-order valence-electron chi connectivity index (χ2n) is 5.83.